The lowest BCUT2D eigenvalue weighted by atomic mass is 10.0. The zero-order valence-electron chi connectivity index (χ0n) is 21.2. The van der Waals surface area contributed by atoms with Gasteiger partial charge in [0, 0.05) is 35.1 Å². The number of benzene rings is 1. The molecule has 0 aliphatic rings. The molecule has 40 heavy (non-hydrogen) atoms. The molecule has 7 nitrogen and oxygen atoms in total. The normalized spacial score (nSPS) is 11.0. The molecule has 190 valence electrons. The van der Waals surface area contributed by atoms with Crippen molar-refractivity contribution >= 4 is 11.3 Å². The molecule has 0 N–H and O–H groups in total. The topological polar surface area (TPSA) is 82.3 Å². The smallest absolute Gasteiger partial charge is 0.120 e. The molecule has 6 aromatic heterocycles. The maximum atomic E-state index is 4.87. The highest BCUT2D eigenvalue weighted by Gasteiger charge is 2.12. The van der Waals surface area contributed by atoms with Crippen LogP contribution in [-0.2, 0) is 0 Å². The molecule has 0 atom stereocenters. The minimum Gasteiger partial charge on any atom is -0.256 e. The molecule has 7 aromatic rings. The first-order valence-electron chi connectivity index (χ1n) is 12.7. The first kappa shape index (κ1) is 23.8. The van der Waals surface area contributed by atoms with Crippen LogP contribution in [-0.4, -0.2) is 34.9 Å². The summed E-state index contributed by atoms with van der Waals surface area (Å²) < 4.78 is 1.81. The summed E-state index contributed by atoms with van der Waals surface area (Å²) in [4.78, 5) is 18.3. The first-order valence-corrected chi connectivity index (χ1v) is 13.6. The quantitative estimate of drug-likeness (QED) is 0.223. The van der Waals surface area contributed by atoms with Gasteiger partial charge in [0.1, 0.15) is 10.7 Å². The van der Waals surface area contributed by atoms with Crippen LogP contribution in [0, 0.1) is 0 Å². The van der Waals surface area contributed by atoms with Gasteiger partial charge < -0.3 is 0 Å². The molecule has 0 saturated carbocycles. The lowest BCUT2D eigenvalue weighted by molar-refractivity contribution is 0.815. The second-order valence-electron chi connectivity index (χ2n) is 9.07. The molecule has 1 aromatic carbocycles. The fourth-order valence-electron chi connectivity index (χ4n) is 4.44. The van der Waals surface area contributed by atoms with Crippen molar-refractivity contribution in [2.45, 2.75) is 0 Å². The Bertz CT molecular complexity index is 1820. The molecule has 7 rings (SSSR count). The van der Waals surface area contributed by atoms with E-state index in [0.29, 0.717) is 0 Å². The molecule has 0 unspecified atom stereocenters. The van der Waals surface area contributed by atoms with Gasteiger partial charge >= 0.3 is 0 Å². The van der Waals surface area contributed by atoms with Crippen molar-refractivity contribution in [3.8, 4) is 61.4 Å². The number of aromatic nitrogens is 7. The van der Waals surface area contributed by atoms with E-state index in [1.165, 1.54) is 0 Å². The Morgan fingerprint density at radius 2 is 1.10 bits per heavy atom. The standard InChI is InChI=1S/C32H21N7S/c1-4-14-33-26(7-1)25-19-32(40-21-25)39-20-31(37-38-39)23-12-10-22(11-13-23)24-17-29(27-8-2-5-15-34-27)36-30(18-24)28-9-3-6-16-35-28/h1-21H. The number of hydrogen-bond acceptors (Lipinski definition) is 7. The Morgan fingerprint density at radius 3 is 1.70 bits per heavy atom. The molecule has 0 fully saturated rings. The van der Waals surface area contributed by atoms with Crippen molar-refractivity contribution in [2.24, 2.45) is 0 Å². The largest absolute Gasteiger partial charge is 0.256 e. The summed E-state index contributed by atoms with van der Waals surface area (Å²) in [6.07, 6.45) is 7.31. The summed E-state index contributed by atoms with van der Waals surface area (Å²) in [7, 11) is 0. The fraction of sp³-hybridized carbons (Fsp3) is 0. The van der Waals surface area contributed by atoms with E-state index in [1.807, 2.05) is 65.5 Å². The van der Waals surface area contributed by atoms with Crippen molar-refractivity contribution in [1.29, 1.82) is 0 Å². The van der Waals surface area contributed by atoms with Crippen molar-refractivity contribution < 1.29 is 0 Å². The Hall–Kier alpha value is -5.34. The Kier molecular flexibility index (Phi) is 6.20. The number of rotatable bonds is 6. The summed E-state index contributed by atoms with van der Waals surface area (Å²) in [5.41, 5.74) is 9.11. The summed E-state index contributed by atoms with van der Waals surface area (Å²) in [5.74, 6) is 0. The number of thiophene rings is 1. The van der Waals surface area contributed by atoms with Gasteiger partial charge in [-0.1, -0.05) is 47.7 Å². The van der Waals surface area contributed by atoms with Crippen LogP contribution in [0.5, 0.6) is 0 Å². The molecule has 0 amide bonds. The van der Waals surface area contributed by atoms with Crippen LogP contribution in [0.15, 0.2) is 127 Å². The van der Waals surface area contributed by atoms with Gasteiger partial charge in [0.2, 0.25) is 0 Å². The van der Waals surface area contributed by atoms with E-state index in [0.717, 1.165) is 61.4 Å². The third kappa shape index (κ3) is 4.79. The minimum absolute atomic E-state index is 0.798. The molecule has 6 heterocycles. The highest BCUT2D eigenvalue weighted by Crippen LogP contribution is 2.31. The predicted octanol–water partition coefficient (Wildman–Crippen LogP) is 7.24. The number of pyridine rings is 4. The number of hydrogen-bond donors (Lipinski definition) is 0. The van der Waals surface area contributed by atoms with Gasteiger partial charge in [0.25, 0.3) is 0 Å². The van der Waals surface area contributed by atoms with Gasteiger partial charge in [0.05, 0.1) is 34.7 Å². The molecule has 0 radical (unpaired) electrons. The fourth-order valence-corrected chi connectivity index (χ4v) is 5.27. The lowest BCUT2D eigenvalue weighted by Gasteiger charge is -2.09. The van der Waals surface area contributed by atoms with Crippen LogP contribution in [0.2, 0.25) is 0 Å². The SMILES string of the molecule is c1ccc(-c2csc(-n3cc(-c4ccc(-c5cc(-c6ccccn6)nc(-c6ccccn6)c5)cc4)nn3)c2)nc1. The average Bonchev–Trinajstić information content (AvgIpc) is 3.73. The number of nitrogens with zero attached hydrogens (tertiary/aromatic N) is 7. The minimum atomic E-state index is 0.798. The monoisotopic (exact) mass is 535 g/mol. The van der Waals surface area contributed by atoms with Crippen LogP contribution < -0.4 is 0 Å². The van der Waals surface area contributed by atoms with E-state index in [1.54, 1.807) is 29.9 Å². The first-order chi connectivity index (χ1) is 19.8. The Labute approximate surface area is 234 Å². The molecule has 0 bridgehead atoms. The van der Waals surface area contributed by atoms with E-state index in [4.69, 9.17) is 4.98 Å². The van der Waals surface area contributed by atoms with Crippen LogP contribution in [0.25, 0.3) is 61.4 Å². The van der Waals surface area contributed by atoms with E-state index in [-0.39, 0.29) is 0 Å². The van der Waals surface area contributed by atoms with Crippen molar-refractivity contribution in [3.05, 3.63) is 127 Å². The third-order valence-corrected chi connectivity index (χ3v) is 7.38. The van der Waals surface area contributed by atoms with Gasteiger partial charge in [-0.15, -0.1) is 16.4 Å². The zero-order chi connectivity index (χ0) is 26.7. The molecule has 8 heteroatoms. The highest BCUT2D eigenvalue weighted by molar-refractivity contribution is 7.13. The van der Waals surface area contributed by atoms with Gasteiger partial charge in [0.15, 0.2) is 0 Å². The summed E-state index contributed by atoms with van der Waals surface area (Å²) >= 11 is 1.61. The van der Waals surface area contributed by atoms with Crippen molar-refractivity contribution in [3.63, 3.8) is 0 Å². The second-order valence-corrected chi connectivity index (χ2v) is 9.96. The van der Waals surface area contributed by atoms with Gasteiger partial charge in [-0.3, -0.25) is 15.0 Å². The molecular formula is C32H21N7S. The maximum Gasteiger partial charge on any atom is 0.120 e. The van der Waals surface area contributed by atoms with Gasteiger partial charge in [-0.25, -0.2) is 9.67 Å². The summed E-state index contributed by atoms with van der Waals surface area (Å²) in [6.45, 7) is 0. The second kappa shape index (κ2) is 10.4. The summed E-state index contributed by atoms with van der Waals surface area (Å²) in [5, 5.41) is 11.9. The van der Waals surface area contributed by atoms with Crippen molar-refractivity contribution in [1.82, 2.24) is 34.9 Å². The van der Waals surface area contributed by atoms with E-state index in [2.05, 4.69) is 73.1 Å². The van der Waals surface area contributed by atoms with E-state index >= 15 is 0 Å². The molecule has 0 saturated heterocycles. The predicted molar refractivity (Wildman–Crippen MR) is 158 cm³/mol. The Morgan fingerprint density at radius 1 is 0.500 bits per heavy atom. The summed E-state index contributed by atoms with van der Waals surface area (Å²) in [6, 6.07) is 32.1. The van der Waals surface area contributed by atoms with Gasteiger partial charge in [-0.05, 0) is 65.7 Å². The van der Waals surface area contributed by atoms with Crippen LogP contribution in [0.4, 0.5) is 0 Å². The third-order valence-electron chi connectivity index (χ3n) is 6.46. The van der Waals surface area contributed by atoms with Gasteiger partial charge in [-0.2, -0.15) is 0 Å². The van der Waals surface area contributed by atoms with Crippen LogP contribution in [0.1, 0.15) is 0 Å². The van der Waals surface area contributed by atoms with E-state index < -0.39 is 0 Å². The molecule has 0 aliphatic carbocycles. The highest BCUT2D eigenvalue weighted by atomic mass is 32.1. The Balaban J connectivity index is 1.19. The molecule has 0 aliphatic heterocycles. The molecule has 0 spiro atoms. The maximum absolute atomic E-state index is 4.87. The van der Waals surface area contributed by atoms with Crippen molar-refractivity contribution in [2.75, 3.05) is 0 Å². The molecular weight excluding hydrogens is 514 g/mol. The zero-order valence-corrected chi connectivity index (χ0v) is 22.0. The average molecular weight is 536 g/mol. The van der Waals surface area contributed by atoms with E-state index in [9.17, 15) is 0 Å². The van der Waals surface area contributed by atoms with Crippen LogP contribution >= 0.6 is 11.3 Å². The lowest BCUT2D eigenvalue weighted by Crippen LogP contribution is -1.93. The van der Waals surface area contributed by atoms with Crippen LogP contribution in [0.3, 0.4) is 0 Å².